The van der Waals surface area contributed by atoms with Gasteiger partial charge in [0.1, 0.15) is 5.75 Å². The lowest BCUT2D eigenvalue weighted by Gasteiger charge is -2.30. The summed E-state index contributed by atoms with van der Waals surface area (Å²) in [6.45, 7) is 1.38. The van der Waals surface area contributed by atoms with Crippen LogP contribution in [0.3, 0.4) is 0 Å². The number of carbonyl (C=O) groups is 1. The van der Waals surface area contributed by atoms with Gasteiger partial charge in [0, 0.05) is 38.2 Å². The number of piperidine rings is 1. The Morgan fingerprint density at radius 2 is 1.97 bits per heavy atom. The number of alkyl halides is 3. The maximum Gasteiger partial charge on any atom is 0.573 e. The Kier molecular flexibility index (Phi) is 6.69. The molecule has 2 saturated heterocycles. The van der Waals surface area contributed by atoms with E-state index in [0.29, 0.717) is 26.0 Å². The van der Waals surface area contributed by atoms with Gasteiger partial charge in [-0.15, -0.1) is 13.2 Å². The van der Waals surface area contributed by atoms with Gasteiger partial charge < -0.3 is 14.8 Å². The van der Waals surface area contributed by atoms with Crippen molar-refractivity contribution in [3.63, 3.8) is 0 Å². The van der Waals surface area contributed by atoms with Crippen molar-refractivity contribution >= 4 is 15.9 Å². The number of benzene rings is 1. The second-order valence-electron chi connectivity index (χ2n) is 7.08. The zero-order valence-electron chi connectivity index (χ0n) is 15.7. The number of ether oxygens (including phenoxy) is 2. The number of hydrogen-bond donors (Lipinski definition) is 1. The van der Waals surface area contributed by atoms with Crippen LogP contribution in [0.1, 0.15) is 25.7 Å². The zero-order valence-corrected chi connectivity index (χ0v) is 16.5. The van der Waals surface area contributed by atoms with Gasteiger partial charge in [-0.2, -0.15) is 4.31 Å². The Bertz CT molecular complexity index is 817. The fourth-order valence-electron chi connectivity index (χ4n) is 3.50. The average molecular weight is 436 g/mol. The first-order valence-electron chi connectivity index (χ1n) is 9.40. The summed E-state index contributed by atoms with van der Waals surface area (Å²) in [5.41, 5.74) is 0. The molecule has 29 heavy (non-hydrogen) atoms. The number of halogens is 3. The lowest BCUT2D eigenvalue weighted by atomic mass is 9.97. The first-order chi connectivity index (χ1) is 13.6. The highest BCUT2D eigenvalue weighted by molar-refractivity contribution is 7.89. The van der Waals surface area contributed by atoms with E-state index in [1.807, 2.05) is 0 Å². The van der Waals surface area contributed by atoms with Crippen LogP contribution < -0.4 is 10.1 Å². The fraction of sp³-hybridized carbons (Fsp3) is 0.611. The van der Waals surface area contributed by atoms with Gasteiger partial charge in [-0.25, -0.2) is 8.42 Å². The van der Waals surface area contributed by atoms with E-state index >= 15 is 0 Å². The highest BCUT2D eigenvalue weighted by Crippen LogP contribution is 2.28. The van der Waals surface area contributed by atoms with Gasteiger partial charge in [0.25, 0.3) is 0 Å². The van der Waals surface area contributed by atoms with E-state index in [2.05, 4.69) is 10.1 Å². The van der Waals surface area contributed by atoms with Crippen molar-refractivity contribution in [2.24, 2.45) is 5.92 Å². The normalized spacial score (nSPS) is 21.8. The molecule has 162 valence electrons. The molecule has 2 aliphatic heterocycles. The molecule has 11 heteroatoms. The molecule has 1 atom stereocenters. The molecule has 2 fully saturated rings. The lowest BCUT2D eigenvalue weighted by molar-refractivity contribution is -0.274. The van der Waals surface area contributed by atoms with Gasteiger partial charge >= 0.3 is 6.36 Å². The molecule has 1 aromatic rings. The highest BCUT2D eigenvalue weighted by atomic mass is 32.2. The Hall–Kier alpha value is -1.85. The number of nitrogens with one attached hydrogen (secondary N) is 1. The van der Waals surface area contributed by atoms with Crippen LogP contribution >= 0.6 is 0 Å². The first kappa shape index (κ1) is 21.8. The predicted octanol–water partition coefficient (Wildman–Crippen LogP) is 2.28. The maximum absolute atomic E-state index is 12.8. The molecule has 2 heterocycles. The van der Waals surface area contributed by atoms with Crippen LogP contribution in [0.15, 0.2) is 29.2 Å². The topological polar surface area (TPSA) is 84.9 Å². The molecule has 0 spiro atoms. The van der Waals surface area contributed by atoms with Crippen LogP contribution in [-0.2, 0) is 19.6 Å². The number of rotatable bonds is 6. The molecule has 3 rings (SSSR count). The van der Waals surface area contributed by atoms with Crippen molar-refractivity contribution in [1.29, 1.82) is 0 Å². The van der Waals surface area contributed by atoms with E-state index in [4.69, 9.17) is 4.74 Å². The van der Waals surface area contributed by atoms with Crippen LogP contribution in [0.5, 0.6) is 5.75 Å². The minimum Gasteiger partial charge on any atom is -0.406 e. The van der Waals surface area contributed by atoms with Gasteiger partial charge in [-0.1, -0.05) is 6.07 Å². The van der Waals surface area contributed by atoms with Gasteiger partial charge in [0.05, 0.1) is 11.0 Å². The van der Waals surface area contributed by atoms with Gasteiger partial charge in [-0.05, 0) is 37.8 Å². The molecule has 7 nitrogen and oxygen atoms in total. The number of hydrogen-bond acceptors (Lipinski definition) is 5. The monoisotopic (exact) mass is 436 g/mol. The summed E-state index contributed by atoms with van der Waals surface area (Å²) in [4.78, 5) is 12.0. The smallest absolute Gasteiger partial charge is 0.406 e. The van der Waals surface area contributed by atoms with Gasteiger partial charge in [0.15, 0.2) is 0 Å². The fourth-order valence-corrected chi connectivity index (χ4v) is 5.01. The molecule has 0 bridgehead atoms. The number of nitrogens with zero attached hydrogens (tertiary/aromatic N) is 1. The van der Waals surface area contributed by atoms with E-state index < -0.39 is 22.1 Å². The number of sulfonamides is 1. The predicted molar refractivity (Wildman–Crippen MR) is 96.6 cm³/mol. The van der Waals surface area contributed by atoms with E-state index in [1.165, 1.54) is 16.4 Å². The molecule has 0 saturated carbocycles. The summed E-state index contributed by atoms with van der Waals surface area (Å²) >= 11 is 0. The van der Waals surface area contributed by atoms with E-state index in [-0.39, 0.29) is 35.9 Å². The van der Waals surface area contributed by atoms with Crippen molar-refractivity contribution in [3.8, 4) is 5.75 Å². The second kappa shape index (κ2) is 8.88. The molecule has 1 aromatic carbocycles. The van der Waals surface area contributed by atoms with Crippen LogP contribution in [0.25, 0.3) is 0 Å². The molecule has 1 amide bonds. The summed E-state index contributed by atoms with van der Waals surface area (Å²) in [7, 11) is -3.98. The van der Waals surface area contributed by atoms with Crippen LogP contribution in [0, 0.1) is 5.92 Å². The summed E-state index contributed by atoms with van der Waals surface area (Å²) in [6.07, 6.45) is -2.30. The minimum absolute atomic E-state index is 0.0330. The molecule has 2 aliphatic rings. The average Bonchev–Trinajstić information content (AvgIpc) is 3.19. The summed E-state index contributed by atoms with van der Waals surface area (Å²) in [6, 6.07) is 4.30. The van der Waals surface area contributed by atoms with Crippen molar-refractivity contribution in [2.45, 2.75) is 43.0 Å². The van der Waals surface area contributed by atoms with Crippen molar-refractivity contribution < 1.29 is 35.9 Å². The summed E-state index contributed by atoms with van der Waals surface area (Å²) < 4.78 is 73.1. The molecule has 1 unspecified atom stereocenters. The lowest BCUT2D eigenvalue weighted by Crippen LogP contribution is -2.44. The Morgan fingerprint density at radius 1 is 1.24 bits per heavy atom. The van der Waals surface area contributed by atoms with Gasteiger partial charge in [0.2, 0.25) is 15.9 Å². The summed E-state index contributed by atoms with van der Waals surface area (Å²) in [5.74, 6) is -1.03. The zero-order chi connectivity index (χ0) is 21.1. The number of amides is 1. The highest BCUT2D eigenvalue weighted by Gasteiger charge is 2.34. The summed E-state index contributed by atoms with van der Waals surface area (Å²) in [5, 5.41) is 2.85. The van der Waals surface area contributed by atoms with Crippen LogP contribution in [0.2, 0.25) is 0 Å². The van der Waals surface area contributed by atoms with E-state index in [9.17, 15) is 26.4 Å². The third-order valence-electron chi connectivity index (χ3n) is 5.03. The van der Waals surface area contributed by atoms with Crippen LogP contribution in [0.4, 0.5) is 13.2 Å². The van der Waals surface area contributed by atoms with E-state index in [1.54, 1.807) is 0 Å². The Balaban J connectivity index is 1.56. The largest absolute Gasteiger partial charge is 0.573 e. The molecule has 0 radical (unpaired) electrons. The van der Waals surface area contributed by atoms with Gasteiger partial charge in [-0.3, -0.25) is 4.79 Å². The quantitative estimate of drug-likeness (QED) is 0.740. The third-order valence-corrected chi connectivity index (χ3v) is 6.92. The third kappa shape index (κ3) is 5.83. The molecular weight excluding hydrogens is 413 g/mol. The maximum atomic E-state index is 12.8. The Morgan fingerprint density at radius 3 is 2.59 bits per heavy atom. The standard InChI is InChI=1S/C18H23F3N2O5S/c19-18(20,21)28-14-3-1-5-16(11-14)29(25,26)23-8-6-13(7-9-23)17(24)22-12-15-4-2-10-27-15/h1,3,5,11,13,15H,2,4,6-10,12H2,(H,22,24). The Labute approximate surface area is 167 Å². The molecular formula is C18H23F3N2O5S. The first-order valence-corrected chi connectivity index (χ1v) is 10.8. The second-order valence-corrected chi connectivity index (χ2v) is 9.02. The molecule has 0 aromatic heterocycles. The van der Waals surface area contributed by atoms with Crippen LogP contribution in [-0.4, -0.2) is 57.3 Å². The van der Waals surface area contributed by atoms with Crippen molar-refractivity contribution in [2.75, 3.05) is 26.2 Å². The number of carbonyl (C=O) groups excluding carboxylic acids is 1. The van der Waals surface area contributed by atoms with Crippen molar-refractivity contribution in [1.82, 2.24) is 9.62 Å². The van der Waals surface area contributed by atoms with E-state index in [0.717, 1.165) is 25.0 Å². The molecule has 0 aliphatic carbocycles. The minimum atomic E-state index is -4.91. The van der Waals surface area contributed by atoms with Crippen molar-refractivity contribution in [3.05, 3.63) is 24.3 Å². The SMILES string of the molecule is O=C(NCC1CCCO1)C1CCN(S(=O)(=O)c2cccc(OC(F)(F)F)c2)CC1. The molecule has 1 N–H and O–H groups in total.